The lowest BCUT2D eigenvalue weighted by molar-refractivity contribution is -0.186. The average molecular weight is 1320 g/mol. The van der Waals surface area contributed by atoms with Crippen molar-refractivity contribution in [3.63, 3.8) is 0 Å². The first kappa shape index (κ1) is 82.5. The molecule has 16 fully saturated rings. The van der Waals surface area contributed by atoms with Crippen molar-refractivity contribution in [1.82, 2.24) is 0 Å². The van der Waals surface area contributed by atoms with Gasteiger partial charge in [0.1, 0.15) is 22.4 Å². The van der Waals surface area contributed by atoms with E-state index in [1.54, 1.807) is 0 Å². The maximum absolute atomic E-state index is 12.7. The van der Waals surface area contributed by atoms with Crippen LogP contribution < -0.4 is 0 Å². The minimum Gasteiger partial charge on any atom is -0.459 e. The van der Waals surface area contributed by atoms with Gasteiger partial charge in [0.05, 0.1) is 23.7 Å². The predicted octanol–water partition coefficient (Wildman–Crippen LogP) is 23.3. The number of ether oxygens (including phenoxy) is 4. The van der Waals surface area contributed by atoms with Crippen LogP contribution in [0, 0.1) is 178 Å². The number of esters is 4. The van der Waals surface area contributed by atoms with E-state index in [4.69, 9.17) is 18.9 Å². The molecule has 548 valence electrons. The van der Waals surface area contributed by atoms with Gasteiger partial charge in [0.25, 0.3) is 0 Å². The van der Waals surface area contributed by atoms with Crippen molar-refractivity contribution in [3.8, 4) is 0 Å². The Morgan fingerprint density at radius 2 is 0.606 bits per heavy atom. The first-order chi connectivity index (χ1) is 41.1. The van der Waals surface area contributed by atoms with E-state index in [0.717, 1.165) is 170 Å². The Balaban J connectivity index is 0.000000221. The molecule has 16 saturated carbocycles. The summed E-state index contributed by atoms with van der Waals surface area (Å²) in [5, 5.41) is 0. The Bertz CT molecular complexity index is 2510. The Labute approximate surface area is 582 Å². The summed E-state index contributed by atoms with van der Waals surface area (Å²) >= 11 is 0. The van der Waals surface area contributed by atoms with Crippen LogP contribution in [0.15, 0.2) is 0 Å². The molecule has 16 aliphatic rings. The van der Waals surface area contributed by atoms with E-state index in [-0.39, 0.29) is 129 Å². The lowest BCUT2D eigenvalue weighted by Gasteiger charge is -2.49. The molecule has 0 saturated heterocycles. The molecule has 0 aromatic heterocycles. The van der Waals surface area contributed by atoms with E-state index in [9.17, 15) is 19.2 Å². The predicted molar refractivity (Wildman–Crippen MR) is 393 cm³/mol. The summed E-state index contributed by atoms with van der Waals surface area (Å²) in [6.07, 6.45) is 33.4. The van der Waals surface area contributed by atoms with Gasteiger partial charge in [-0.1, -0.05) is 149 Å². The zero-order valence-electron chi connectivity index (χ0n) is 57.0. The fourth-order valence-electron chi connectivity index (χ4n) is 27.4. The van der Waals surface area contributed by atoms with E-state index in [1.807, 2.05) is 27.7 Å². The number of fused-ring (bicyclic) bond motifs is 36. The molecular weight excluding hydrogens is 1160 g/mol. The molecule has 33 atom stereocenters. The monoisotopic (exact) mass is 1320 g/mol. The molecule has 16 aliphatic carbocycles. The van der Waals surface area contributed by atoms with E-state index in [0.29, 0.717) is 35.5 Å². The molecule has 0 heterocycles. The van der Waals surface area contributed by atoms with Gasteiger partial charge in [-0.3, -0.25) is 19.2 Å². The van der Waals surface area contributed by atoms with Crippen molar-refractivity contribution < 1.29 is 38.1 Å². The molecule has 0 radical (unpaired) electrons. The van der Waals surface area contributed by atoms with Gasteiger partial charge in [0.2, 0.25) is 0 Å². The number of carbonyl (C=O) groups is 4. The zero-order valence-corrected chi connectivity index (χ0v) is 57.0. The molecule has 0 aromatic carbocycles. The first-order valence-electron chi connectivity index (χ1n) is 38.0. The summed E-state index contributed by atoms with van der Waals surface area (Å²) in [5.74, 6) is 22.9. The molecule has 0 aliphatic heterocycles. The van der Waals surface area contributed by atoms with E-state index >= 15 is 0 Å². The summed E-state index contributed by atoms with van der Waals surface area (Å²) in [6.45, 7) is 30.0. The molecule has 0 spiro atoms. The third kappa shape index (κ3) is 12.9. The minimum absolute atomic E-state index is 0. The van der Waals surface area contributed by atoms with Gasteiger partial charge in [0.15, 0.2) is 0 Å². The highest BCUT2D eigenvalue weighted by atomic mass is 16.6. The first-order valence-corrected chi connectivity index (χ1v) is 38.0. The Hall–Kier alpha value is -2.12. The van der Waals surface area contributed by atoms with Gasteiger partial charge < -0.3 is 18.9 Å². The molecule has 16 rings (SSSR count). The van der Waals surface area contributed by atoms with E-state index < -0.39 is 0 Å². The van der Waals surface area contributed by atoms with Crippen LogP contribution in [-0.4, -0.2) is 46.3 Å². The van der Waals surface area contributed by atoms with Crippen molar-refractivity contribution >= 4 is 23.9 Å². The number of rotatable bonds is 16. The normalized spacial score (nSPS) is 46.4. The fourth-order valence-corrected chi connectivity index (χ4v) is 27.4. The summed E-state index contributed by atoms with van der Waals surface area (Å²) in [7, 11) is 0. The Morgan fingerprint density at radius 3 is 0.979 bits per heavy atom. The van der Waals surface area contributed by atoms with E-state index in [1.165, 1.54) is 116 Å². The van der Waals surface area contributed by atoms with Crippen molar-refractivity contribution in [3.05, 3.63) is 0 Å². The van der Waals surface area contributed by atoms with E-state index in [2.05, 4.69) is 69.2 Å². The van der Waals surface area contributed by atoms with Gasteiger partial charge in [0, 0.05) is 23.7 Å². The highest BCUT2D eigenvalue weighted by Crippen LogP contribution is 2.75. The zero-order chi connectivity index (χ0) is 60.8. The maximum Gasteiger partial charge on any atom is 0.309 e. The molecular formula is C86H156O8. The van der Waals surface area contributed by atoms with Gasteiger partial charge in [-0.15, -0.1) is 0 Å². The Morgan fingerprint density at radius 1 is 0.319 bits per heavy atom. The van der Waals surface area contributed by atoms with Crippen LogP contribution >= 0.6 is 0 Å². The van der Waals surface area contributed by atoms with Crippen LogP contribution in [0.25, 0.3) is 0 Å². The quantitative estimate of drug-likeness (QED) is 0.0855. The van der Waals surface area contributed by atoms with Crippen molar-refractivity contribution in [2.45, 2.75) is 346 Å². The highest BCUT2D eigenvalue weighted by molar-refractivity contribution is 5.74. The fraction of sp³-hybridized carbons (Fsp3) is 0.953. The van der Waals surface area contributed by atoms with Crippen molar-refractivity contribution in [2.75, 3.05) is 0 Å². The number of hydrogen-bond donors (Lipinski definition) is 0. The number of hydrogen-bond acceptors (Lipinski definition) is 8. The van der Waals surface area contributed by atoms with Crippen molar-refractivity contribution in [2.24, 2.45) is 178 Å². The van der Waals surface area contributed by atoms with Gasteiger partial charge in [-0.25, -0.2) is 0 Å². The molecule has 8 heteroatoms. The maximum atomic E-state index is 12.7. The summed E-state index contributed by atoms with van der Waals surface area (Å²) in [6, 6.07) is 0. The lowest BCUT2D eigenvalue weighted by atomic mass is 9.62. The van der Waals surface area contributed by atoms with Crippen LogP contribution in [-0.2, 0) is 38.1 Å². The largest absolute Gasteiger partial charge is 0.459 e. The van der Waals surface area contributed by atoms with Crippen LogP contribution in [0.1, 0.15) is 323 Å². The third-order valence-corrected chi connectivity index (χ3v) is 31.9. The molecule has 16 bridgehead atoms. The molecule has 8 nitrogen and oxygen atoms in total. The topological polar surface area (TPSA) is 105 Å². The second-order valence-electron chi connectivity index (χ2n) is 35.2. The second kappa shape index (κ2) is 31.0. The van der Waals surface area contributed by atoms with Crippen LogP contribution in [0.4, 0.5) is 0 Å². The number of carbonyl (C=O) groups excluding carboxylic acids is 4. The summed E-state index contributed by atoms with van der Waals surface area (Å²) in [4.78, 5) is 49.8. The molecule has 0 N–H and O–H groups in total. The smallest absolute Gasteiger partial charge is 0.309 e. The molecule has 0 aromatic rings. The third-order valence-electron chi connectivity index (χ3n) is 31.9. The minimum atomic E-state index is -0.142. The Kier molecular flexibility index (Phi) is 27.2. The highest BCUT2D eigenvalue weighted by Gasteiger charge is 2.72. The molecule has 33 unspecified atom stereocenters. The molecule has 0 amide bonds. The van der Waals surface area contributed by atoms with Crippen LogP contribution in [0.5, 0.6) is 0 Å². The summed E-state index contributed by atoms with van der Waals surface area (Å²) < 4.78 is 25.0. The summed E-state index contributed by atoms with van der Waals surface area (Å²) in [5.41, 5.74) is -0.518. The van der Waals surface area contributed by atoms with Gasteiger partial charge in [-0.05, 0) is 304 Å². The molecule has 94 heavy (non-hydrogen) atoms. The second-order valence-corrected chi connectivity index (χ2v) is 35.2. The lowest BCUT2D eigenvalue weighted by Crippen LogP contribution is -2.52. The van der Waals surface area contributed by atoms with Crippen LogP contribution in [0.2, 0.25) is 0 Å². The van der Waals surface area contributed by atoms with Gasteiger partial charge >= 0.3 is 23.9 Å². The van der Waals surface area contributed by atoms with Crippen LogP contribution in [0.3, 0.4) is 0 Å². The average Bonchev–Trinajstić information content (AvgIpc) is 1.56. The SMILES string of the molecule is C.C.C.C.C.C.C.C.CCC(C)C(=O)OC1(C(C)C)CC2CC1C1C3CCC(C3)C21.CCC(C)C(=O)OC1(C(C)CC)CC2CC1C1C3CCC(C3)C21.CCC(C)C(=O)OC1(C)CC2CC1C1C3CCC(C3)C21.CCC(C)C(=O)OC1(CC)CC2CC1C1C3CCC(C3)C21. The van der Waals surface area contributed by atoms with Crippen molar-refractivity contribution in [1.29, 1.82) is 0 Å². The standard InChI is InChI=1S/C21H34O2.C20H32O2.C19H30O2.C18H28O2.8CH4/c1-5-12(3)20(22)23-21(13(4)6-2)11-16-10-17(21)19-15-8-7-14(9-15)18(16)19;1-5-12(4)19(21)22-20(11(2)3)10-15-9-16(20)18-14-7-6-13(8-14)17(15)18;1-4-11(3)18(20)21-19(5-2)10-14-9-15(19)17-13-7-6-12(8-13)16(14)17;1-4-10(2)17(19)20-18(3)9-13-8-14(18)16-12-6-5-11(7-12)15(13)16;;;;;;;;/h12-19H,5-11H2,1-4H3;11-18H,5-10H2,1-4H3;11-17H,4-10H2,1-3H3;10-16H,4-9H2,1-3H3;8*1H4. The van der Waals surface area contributed by atoms with Gasteiger partial charge in [-0.2, -0.15) is 0 Å².